The summed E-state index contributed by atoms with van der Waals surface area (Å²) >= 11 is 0. The zero-order valence-corrected chi connectivity index (χ0v) is 22.3. The number of halogens is 1. The number of aryl methyl sites for hydroxylation is 1. The van der Waals surface area contributed by atoms with Crippen molar-refractivity contribution in [3.63, 3.8) is 0 Å². The molecule has 0 radical (unpaired) electrons. The number of nitrogens with zero attached hydrogens (tertiary/aromatic N) is 6. The molecule has 11 heteroatoms. The Kier molecular flexibility index (Phi) is 6.35. The molecule has 0 bridgehead atoms. The van der Waals surface area contributed by atoms with Gasteiger partial charge in [-0.15, -0.1) is 0 Å². The molecule has 2 atom stereocenters. The molecule has 1 aromatic carbocycles. The highest BCUT2D eigenvalue weighted by atomic mass is 32.2. The molecule has 1 fully saturated rings. The average Bonchev–Trinajstić information content (AvgIpc) is 3.27. The number of hydrogen-bond donors (Lipinski definition) is 1. The number of benzene rings is 1. The standard InChI is InChI=1S/C26H30FN7O2S/c1-15(2)19-8-22(27)25(34-13-18(16(34)3)14-37(5,35)36)21-11-29-24(9-20(19)21)31-23-6-7-28-26(32-23)17-10-30-33(4)12-17/h6-12,15-16,18H,13-14H2,1-5H3,(H,28,29,31,32)/t16-,18-/m1/s1. The van der Waals surface area contributed by atoms with Crippen molar-refractivity contribution in [3.05, 3.63) is 54.4 Å². The summed E-state index contributed by atoms with van der Waals surface area (Å²) in [7, 11) is -1.27. The van der Waals surface area contributed by atoms with Gasteiger partial charge in [0, 0.05) is 55.8 Å². The number of aromatic nitrogens is 5. The predicted molar refractivity (Wildman–Crippen MR) is 143 cm³/mol. The van der Waals surface area contributed by atoms with Gasteiger partial charge in [0.1, 0.15) is 27.3 Å². The van der Waals surface area contributed by atoms with Crippen LogP contribution < -0.4 is 10.2 Å². The second kappa shape index (κ2) is 9.37. The SMILES string of the molecule is CC(C)c1cc(F)c(N2C[C@H](CS(C)(=O)=O)[C@H]2C)c2cnc(Nc3ccnc(-c4cnn(C)c4)n3)cc12. The minimum atomic E-state index is -3.10. The van der Waals surface area contributed by atoms with Crippen LogP contribution in [0.1, 0.15) is 32.3 Å². The van der Waals surface area contributed by atoms with Crippen LogP contribution in [0.2, 0.25) is 0 Å². The van der Waals surface area contributed by atoms with E-state index in [9.17, 15) is 8.42 Å². The minimum absolute atomic E-state index is 0.0325. The van der Waals surface area contributed by atoms with E-state index in [2.05, 4.69) is 25.4 Å². The largest absolute Gasteiger partial charge is 0.365 e. The van der Waals surface area contributed by atoms with E-state index in [1.807, 2.05) is 45.0 Å². The summed E-state index contributed by atoms with van der Waals surface area (Å²) in [6, 6.07) is 5.17. The van der Waals surface area contributed by atoms with E-state index in [4.69, 9.17) is 0 Å². The van der Waals surface area contributed by atoms with Crippen molar-refractivity contribution in [3.8, 4) is 11.4 Å². The summed E-state index contributed by atoms with van der Waals surface area (Å²) in [5.41, 5.74) is 2.15. The number of sulfone groups is 1. The molecule has 1 aliphatic rings. The van der Waals surface area contributed by atoms with Crippen molar-refractivity contribution in [2.45, 2.75) is 32.7 Å². The molecule has 9 nitrogen and oxygen atoms in total. The van der Waals surface area contributed by atoms with E-state index in [1.165, 1.54) is 6.26 Å². The lowest BCUT2D eigenvalue weighted by atomic mass is 9.88. The van der Waals surface area contributed by atoms with Gasteiger partial charge in [0.25, 0.3) is 0 Å². The van der Waals surface area contributed by atoms with Gasteiger partial charge in [-0.1, -0.05) is 13.8 Å². The van der Waals surface area contributed by atoms with Crippen LogP contribution in [-0.4, -0.2) is 57.7 Å². The monoisotopic (exact) mass is 523 g/mol. The highest BCUT2D eigenvalue weighted by molar-refractivity contribution is 7.90. The van der Waals surface area contributed by atoms with Crippen LogP contribution in [0.15, 0.2) is 43.0 Å². The summed E-state index contributed by atoms with van der Waals surface area (Å²) in [6.07, 6.45) is 8.14. The molecule has 0 amide bonds. The Balaban J connectivity index is 1.50. The van der Waals surface area contributed by atoms with E-state index in [-0.39, 0.29) is 29.4 Å². The smallest absolute Gasteiger partial charge is 0.164 e. The first-order valence-electron chi connectivity index (χ1n) is 12.2. The Morgan fingerprint density at radius 3 is 2.59 bits per heavy atom. The molecule has 4 heterocycles. The van der Waals surface area contributed by atoms with Crippen LogP contribution in [0.4, 0.5) is 21.7 Å². The number of anilines is 3. The lowest BCUT2D eigenvalue weighted by Gasteiger charge is -2.48. The predicted octanol–water partition coefficient (Wildman–Crippen LogP) is 4.30. The fraction of sp³-hybridized carbons (Fsp3) is 0.385. The van der Waals surface area contributed by atoms with Crippen molar-refractivity contribution in [2.24, 2.45) is 13.0 Å². The van der Waals surface area contributed by atoms with E-state index in [1.54, 1.807) is 35.4 Å². The van der Waals surface area contributed by atoms with Gasteiger partial charge >= 0.3 is 0 Å². The van der Waals surface area contributed by atoms with Crippen LogP contribution in [0, 0.1) is 11.7 Å². The first-order valence-corrected chi connectivity index (χ1v) is 14.2. The van der Waals surface area contributed by atoms with E-state index in [0.717, 1.165) is 16.5 Å². The van der Waals surface area contributed by atoms with Crippen molar-refractivity contribution in [1.29, 1.82) is 0 Å². The van der Waals surface area contributed by atoms with Gasteiger partial charge < -0.3 is 10.2 Å². The Morgan fingerprint density at radius 1 is 1.16 bits per heavy atom. The molecule has 0 aliphatic carbocycles. The number of fused-ring (bicyclic) bond motifs is 1. The molecule has 1 aliphatic heterocycles. The van der Waals surface area contributed by atoms with Gasteiger partial charge in [0.2, 0.25) is 0 Å². The molecule has 194 valence electrons. The lowest BCUT2D eigenvalue weighted by molar-refractivity contribution is 0.338. The molecule has 4 aromatic rings. The molecule has 0 unspecified atom stereocenters. The molecule has 0 saturated carbocycles. The highest BCUT2D eigenvalue weighted by Crippen LogP contribution is 2.41. The van der Waals surface area contributed by atoms with Crippen molar-refractivity contribution in [2.75, 3.05) is 28.8 Å². The normalized spacial score (nSPS) is 17.9. The molecule has 5 rings (SSSR count). The molecule has 0 spiro atoms. The summed E-state index contributed by atoms with van der Waals surface area (Å²) in [5.74, 6) is 1.53. The first-order chi connectivity index (χ1) is 17.5. The number of rotatable bonds is 7. The number of nitrogens with one attached hydrogen (secondary N) is 1. The molecule has 37 heavy (non-hydrogen) atoms. The third-order valence-corrected chi connectivity index (χ3v) is 7.92. The Morgan fingerprint density at radius 2 is 1.95 bits per heavy atom. The Hall–Kier alpha value is -3.60. The van der Waals surface area contributed by atoms with Crippen LogP contribution in [0.5, 0.6) is 0 Å². The maximum absolute atomic E-state index is 15.5. The van der Waals surface area contributed by atoms with Crippen molar-refractivity contribution in [1.82, 2.24) is 24.7 Å². The van der Waals surface area contributed by atoms with Crippen molar-refractivity contribution < 1.29 is 12.8 Å². The second-order valence-corrected chi connectivity index (χ2v) is 12.3. The summed E-state index contributed by atoms with van der Waals surface area (Å²) in [6.45, 7) is 6.49. The molecule has 1 N–H and O–H groups in total. The topological polar surface area (TPSA) is 106 Å². The number of hydrogen-bond acceptors (Lipinski definition) is 8. The van der Waals surface area contributed by atoms with E-state index < -0.39 is 9.84 Å². The highest BCUT2D eigenvalue weighted by Gasteiger charge is 2.39. The molecule has 3 aromatic heterocycles. The maximum atomic E-state index is 15.5. The van der Waals surface area contributed by atoms with Crippen LogP contribution in [0.3, 0.4) is 0 Å². The fourth-order valence-electron chi connectivity index (χ4n) is 4.93. The zero-order chi connectivity index (χ0) is 26.5. The maximum Gasteiger partial charge on any atom is 0.164 e. The van der Waals surface area contributed by atoms with E-state index in [0.29, 0.717) is 35.1 Å². The van der Waals surface area contributed by atoms with Gasteiger partial charge in [-0.05, 0) is 42.0 Å². The van der Waals surface area contributed by atoms with Gasteiger partial charge in [0.05, 0.1) is 23.2 Å². The van der Waals surface area contributed by atoms with Crippen LogP contribution in [0.25, 0.3) is 22.2 Å². The van der Waals surface area contributed by atoms with Gasteiger partial charge in [0.15, 0.2) is 5.82 Å². The van der Waals surface area contributed by atoms with Crippen LogP contribution in [-0.2, 0) is 16.9 Å². The summed E-state index contributed by atoms with van der Waals surface area (Å²) in [5, 5.41) is 9.02. The third-order valence-electron chi connectivity index (χ3n) is 6.88. The Bertz CT molecular complexity index is 1590. The lowest BCUT2D eigenvalue weighted by Crippen LogP contribution is -2.57. The molecular formula is C26H30FN7O2S. The number of pyridine rings is 1. The average molecular weight is 524 g/mol. The molecule has 1 saturated heterocycles. The second-order valence-electron chi connectivity index (χ2n) is 10.1. The van der Waals surface area contributed by atoms with Gasteiger partial charge in [-0.3, -0.25) is 4.68 Å². The van der Waals surface area contributed by atoms with Crippen LogP contribution >= 0.6 is 0 Å². The molecular weight excluding hydrogens is 493 g/mol. The minimum Gasteiger partial charge on any atom is -0.365 e. The van der Waals surface area contributed by atoms with Gasteiger partial charge in [-0.2, -0.15) is 5.10 Å². The van der Waals surface area contributed by atoms with E-state index >= 15 is 4.39 Å². The quantitative estimate of drug-likeness (QED) is 0.382. The Labute approximate surface area is 215 Å². The summed E-state index contributed by atoms with van der Waals surface area (Å²) < 4.78 is 40.7. The zero-order valence-electron chi connectivity index (χ0n) is 21.5. The summed E-state index contributed by atoms with van der Waals surface area (Å²) in [4.78, 5) is 15.4. The van der Waals surface area contributed by atoms with Crippen molar-refractivity contribution >= 4 is 37.9 Å². The van der Waals surface area contributed by atoms with Gasteiger partial charge in [-0.25, -0.2) is 27.8 Å². The first kappa shape index (κ1) is 25.1. The fourth-order valence-corrected chi connectivity index (χ4v) is 6.09. The third kappa shape index (κ3) is 5.00.